The lowest BCUT2D eigenvalue weighted by atomic mass is 10.1. The first-order valence-electron chi connectivity index (χ1n) is 7.02. The molecule has 108 valence electrons. The number of pyridine rings is 1. The van der Waals surface area contributed by atoms with E-state index >= 15 is 0 Å². The van der Waals surface area contributed by atoms with Gasteiger partial charge < -0.3 is 10.4 Å². The largest absolute Gasteiger partial charge is 0.481 e. The number of carbonyl (C=O) groups is 2. The number of benzene rings is 1. The van der Waals surface area contributed by atoms with Crippen LogP contribution in [0.2, 0.25) is 0 Å². The fourth-order valence-electron chi connectivity index (χ4n) is 2.89. The Balaban J connectivity index is 1.78. The maximum Gasteiger partial charge on any atom is 0.306 e. The van der Waals surface area contributed by atoms with Crippen LogP contribution in [0.15, 0.2) is 36.5 Å². The lowest BCUT2D eigenvalue weighted by molar-refractivity contribution is -0.141. The number of amides is 1. The van der Waals surface area contributed by atoms with Crippen LogP contribution in [0, 0.1) is 5.92 Å². The number of carboxylic acids is 1. The quantitative estimate of drug-likeness (QED) is 0.905. The molecule has 1 aromatic heterocycles. The summed E-state index contributed by atoms with van der Waals surface area (Å²) >= 11 is 0. The first-order valence-corrected chi connectivity index (χ1v) is 7.02. The standard InChI is InChI=1S/C16H16N2O3/c19-15(18-12-7-6-11(9-12)16(20)21)13-5-1-3-10-4-2-8-17-14(10)13/h1-5,8,11-12H,6-7,9H2,(H,18,19)(H,20,21). The van der Waals surface area contributed by atoms with Gasteiger partial charge in [0.2, 0.25) is 0 Å². The second-order valence-corrected chi connectivity index (χ2v) is 5.40. The molecule has 2 atom stereocenters. The Hall–Kier alpha value is -2.43. The van der Waals surface area contributed by atoms with E-state index in [0.717, 1.165) is 5.39 Å². The number of hydrogen-bond donors (Lipinski definition) is 2. The zero-order valence-electron chi connectivity index (χ0n) is 11.5. The zero-order valence-corrected chi connectivity index (χ0v) is 11.5. The van der Waals surface area contributed by atoms with Gasteiger partial charge >= 0.3 is 5.97 Å². The van der Waals surface area contributed by atoms with Crippen molar-refractivity contribution in [2.24, 2.45) is 5.92 Å². The molecule has 2 unspecified atom stereocenters. The highest BCUT2D eigenvalue weighted by atomic mass is 16.4. The van der Waals surface area contributed by atoms with E-state index in [2.05, 4.69) is 10.3 Å². The van der Waals surface area contributed by atoms with Crippen molar-refractivity contribution in [3.63, 3.8) is 0 Å². The van der Waals surface area contributed by atoms with E-state index in [1.807, 2.05) is 24.3 Å². The van der Waals surface area contributed by atoms with Crippen LogP contribution >= 0.6 is 0 Å². The molecular weight excluding hydrogens is 268 g/mol. The number of para-hydroxylation sites is 1. The van der Waals surface area contributed by atoms with Crippen molar-refractivity contribution < 1.29 is 14.7 Å². The summed E-state index contributed by atoms with van der Waals surface area (Å²) in [6, 6.07) is 9.16. The maximum atomic E-state index is 12.4. The zero-order chi connectivity index (χ0) is 14.8. The number of hydrogen-bond acceptors (Lipinski definition) is 3. The normalized spacial score (nSPS) is 21.3. The molecule has 1 fully saturated rings. The van der Waals surface area contributed by atoms with E-state index in [-0.39, 0.29) is 17.9 Å². The molecule has 1 aromatic carbocycles. The summed E-state index contributed by atoms with van der Waals surface area (Å²) in [5.41, 5.74) is 1.21. The lowest BCUT2D eigenvalue weighted by Gasteiger charge is -2.13. The number of carboxylic acid groups (broad SMARTS) is 1. The second-order valence-electron chi connectivity index (χ2n) is 5.40. The number of carbonyl (C=O) groups excluding carboxylic acids is 1. The third-order valence-electron chi connectivity index (χ3n) is 3.99. The Labute approximate surface area is 122 Å². The van der Waals surface area contributed by atoms with Gasteiger partial charge in [0.15, 0.2) is 0 Å². The molecule has 0 radical (unpaired) electrons. The van der Waals surface area contributed by atoms with E-state index < -0.39 is 5.97 Å². The van der Waals surface area contributed by atoms with Gasteiger partial charge in [-0.25, -0.2) is 0 Å². The predicted molar refractivity (Wildman–Crippen MR) is 78.0 cm³/mol. The molecule has 0 aliphatic heterocycles. The molecule has 1 saturated carbocycles. The Morgan fingerprint density at radius 2 is 2.00 bits per heavy atom. The van der Waals surface area contributed by atoms with Crippen LogP contribution in [0.4, 0.5) is 0 Å². The molecule has 2 aromatic rings. The van der Waals surface area contributed by atoms with Crippen LogP contribution < -0.4 is 5.32 Å². The third kappa shape index (κ3) is 2.72. The Morgan fingerprint density at radius 3 is 2.76 bits per heavy atom. The molecule has 0 spiro atoms. The number of rotatable bonds is 3. The molecule has 5 nitrogen and oxygen atoms in total. The predicted octanol–water partition coefficient (Wildman–Crippen LogP) is 2.22. The summed E-state index contributed by atoms with van der Waals surface area (Å²) in [4.78, 5) is 27.6. The van der Waals surface area contributed by atoms with E-state index in [0.29, 0.717) is 30.3 Å². The van der Waals surface area contributed by atoms with Gasteiger partial charge in [0.25, 0.3) is 5.91 Å². The van der Waals surface area contributed by atoms with E-state index in [4.69, 9.17) is 5.11 Å². The first kappa shape index (κ1) is 13.5. The van der Waals surface area contributed by atoms with Gasteiger partial charge in [-0.15, -0.1) is 0 Å². The fraction of sp³-hybridized carbons (Fsp3) is 0.312. The molecule has 21 heavy (non-hydrogen) atoms. The van der Waals surface area contributed by atoms with Crippen LogP contribution in [-0.2, 0) is 4.79 Å². The van der Waals surface area contributed by atoms with Crippen LogP contribution in [0.5, 0.6) is 0 Å². The van der Waals surface area contributed by atoms with Crippen LogP contribution in [0.25, 0.3) is 10.9 Å². The lowest BCUT2D eigenvalue weighted by Crippen LogP contribution is -2.33. The van der Waals surface area contributed by atoms with E-state index in [1.165, 1.54) is 0 Å². The van der Waals surface area contributed by atoms with Crippen LogP contribution in [-0.4, -0.2) is 28.0 Å². The van der Waals surface area contributed by atoms with Crippen LogP contribution in [0.1, 0.15) is 29.6 Å². The minimum Gasteiger partial charge on any atom is -0.481 e. The molecule has 3 rings (SSSR count). The molecule has 5 heteroatoms. The first-order chi connectivity index (χ1) is 10.1. The Morgan fingerprint density at radius 1 is 1.19 bits per heavy atom. The van der Waals surface area contributed by atoms with Crippen LogP contribution in [0.3, 0.4) is 0 Å². The summed E-state index contributed by atoms with van der Waals surface area (Å²) in [6.45, 7) is 0. The van der Waals surface area contributed by atoms with Gasteiger partial charge in [-0.05, 0) is 31.4 Å². The van der Waals surface area contributed by atoms with E-state index in [9.17, 15) is 9.59 Å². The number of fused-ring (bicyclic) bond motifs is 1. The highest BCUT2D eigenvalue weighted by Gasteiger charge is 2.30. The fourth-order valence-corrected chi connectivity index (χ4v) is 2.89. The third-order valence-corrected chi connectivity index (χ3v) is 3.99. The molecule has 0 bridgehead atoms. The topological polar surface area (TPSA) is 79.3 Å². The number of aromatic nitrogens is 1. The van der Waals surface area contributed by atoms with Crippen molar-refractivity contribution in [1.29, 1.82) is 0 Å². The molecule has 2 N–H and O–H groups in total. The Bertz CT molecular complexity index is 693. The number of nitrogens with zero attached hydrogens (tertiary/aromatic N) is 1. The molecule has 1 aliphatic rings. The molecule has 0 saturated heterocycles. The highest BCUT2D eigenvalue weighted by Crippen LogP contribution is 2.26. The van der Waals surface area contributed by atoms with Gasteiger partial charge in [-0.1, -0.05) is 18.2 Å². The van der Waals surface area contributed by atoms with Gasteiger partial charge in [0.1, 0.15) is 0 Å². The minimum absolute atomic E-state index is 0.0717. The smallest absolute Gasteiger partial charge is 0.306 e. The average Bonchev–Trinajstić information content (AvgIpc) is 2.95. The summed E-state index contributed by atoms with van der Waals surface area (Å²) in [6.07, 6.45) is 3.49. The van der Waals surface area contributed by atoms with Gasteiger partial charge in [0, 0.05) is 17.6 Å². The number of nitrogens with one attached hydrogen (secondary N) is 1. The Kier molecular flexibility index (Phi) is 3.56. The monoisotopic (exact) mass is 284 g/mol. The van der Waals surface area contributed by atoms with Crippen molar-refractivity contribution in [3.8, 4) is 0 Å². The molecule has 1 aliphatic carbocycles. The van der Waals surface area contributed by atoms with Crippen molar-refractivity contribution >= 4 is 22.8 Å². The highest BCUT2D eigenvalue weighted by molar-refractivity contribution is 6.05. The maximum absolute atomic E-state index is 12.4. The van der Waals surface area contributed by atoms with Crippen molar-refractivity contribution in [2.45, 2.75) is 25.3 Å². The van der Waals surface area contributed by atoms with Crippen molar-refractivity contribution in [1.82, 2.24) is 10.3 Å². The van der Waals surface area contributed by atoms with Gasteiger partial charge in [-0.3, -0.25) is 14.6 Å². The molecule has 1 amide bonds. The summed E-state index contributed by atoms with van der Waals surface area (Å²) < 4.78 is 0. The van der Waals surface area contributed by atoms with Gasteiger partial charge in [-0.2, -0.15) is 0 Å². The molecular formula is C16H16N2O3. The summed E-state index contributed by atoms with van der Waals surface area (Å²) in [5, 5.41) is 12.8. The number of aliphatic carboxylic acids is 1. The summed E-state index contributed by atoms with van der Waals surface area (Å²) in [5.74, 6) is -1.31. The van der Waals surface area contributed by atoms with E-state index in [1.54, 1.807) is 12.3 Å². The SMILES string of the molecule is O=C(NC1CCC(C(=O)O)C1)c1cccc2cccnc12. The summed E-state index contributed by atoms with van der Waals surface area (Å²) in [7, 11) is 0. The van der Waals surface area contributed by atoms with Gasteiger partial charge in [0.05, 0.1) is 17.0 Å². The average molecular weight is 284 g/mol. The van der Waals surface area contributed by atoms with Crippen molar-refractivity contribution in [3.05, 3.63) is 42.1 Å². The minimum atomic E-state index is -0.779. The molecule has 1 heterocycles. The second kappa shape index (κ2) is 5.52. The van der Waals surface area contributed by atoms with Crippen molar-refractivity contribution in [2.75, 3.05) is 0 Å².